The van der Waals surface area contributed by atoms with E-state index in [4.69, 9.17) is 9.84 Å². The number of carboxylic acids is 1. The fourth-order valence-corrected chi connectivity index (χ4v) is 4.70. The van der Waals surface area contributed by atoms with Crippen molar-refractivity contribution < 1.29 is 27.8 Å². The summed E-state index contributed by atoms with van der Waals surface area (Å²) in [5.41, 5.74) is 0.846. The molecule has 1 saturated carbocycles. The molecule has 0 radical (unpaired) electrons. The maximum Gasteiger partial charge on any atom is 0.433 e. The lowest BCUT2D eigenvalue weighted by Gasteiger charge is -2.28. The van der Waals surface area contributed by atoms with E-state index in [0.29, 0.717) is 23.4 Å². The topological polar surface area (TPSA) is 64.3 Å². The molecule has 0 atom stereocenters. The van der Waals surface area contributed by atoms with Crippen LogP contribution in [-0.4, -0.2) is 34.1 Å². The van der Waals surface area contributed by atoms with Crippen LogP contribution in [0.15, 0.2) is 60.7 Å². The van der Waals surface area contributed by atoms with Gasteiger partial charge in [-0.15, -0.1) is 0 Å². The molecule has 3 aromatic rings. The number of aromatic nitrogens is 2. The number of hydrogen-bond donors (Lipinski definition) is 1. The van der Waals surface area contributed by atoms with Crippen molar-refractivity contribution in [1.29, 1.82) is 0 Å². The smallest absolute Gasteiger partial charge is 0.433 e. The molecule has 1 aliphatic rings. The van der Waals surface area contributed by atoms with Crippen LogP contribution in [-0.2, 0) is 22.3 Å². The highest BCUT2D eigenvalue weighted by Crippen LogP contribution is 2.43. The van der Waals surface area contributed by atoms with Crippen molar-refractivity contribution in [2.24, 2.45) is 11.8 Å². The highest BCUT2D eigenvalue weighted by Gasteiger charge is 2.41. The Morgan fingerprint density at radius 1 is 0.941 bits per heavy atom. The number of nitrogens with zero attached hydrogens (tertiary/aromatic N) is 2. The van der Waals surface area contributed by atoms with Crippen molar-refractivity contribution in [2.45, 2.75) is 38.4 Å². The van der Waals surface area contributed by atoms with Crippen molar-refractivity contribution in [2.75, 3.05) is 13.2 Å². The van der Waals surface area contributed by atoms with Gasteiger partial charge in [-0.3, -0.25) is 4.68 Å². The molecular weight excluding hydrogens is 445 g/mol. The summed E-state index contributed by atoms with van der Waals surface area (Å²) in [7, 11) is 0. The second-order valence-corrected chi connectivity index (χ2v) is 8.78. The number of halogens is 3. The zero-order valence-electron chi connectivity index (χ0n) is 18.7. The third-order valence-electron chi connectivity index (χ3n) is 6.31. The number of aliphatic carboxylic acids is 1. The Balaban J connectivity index is 1.62. The van der Waals surface area contributed by atoms with E-state index in [2.05, 4.69) is 5.10 Å². The van der Waals surface area contributed by atoms with Gasteiger partial charge in [0.2, 0.25) is 0 Å². The van der Waals surface area contributed by atoms with Crippen LogP contribution in [0.1, 0.15) is 31.4 Å². The predicted octanol–water partition coefficient (Wildman–Crippen LogP) is 6.14. The fraction of sp³-hybridized carbons (Fsp3) is 0.385. The molecule has 4 rings (SSSR count). The lowest BCUT2D eigenvalue weighted by molar-refractivity contribution is -0.144. The second kappa shape index (κ2) is 10.4. The van der Waals surface area contributed by atoms with E-state index in [1.54, 1.807) is 54.6 Å². The average molecular weight is 473 g/mol. The highest BCUT2D eigenvalue weighted by molar-refractivity contribution is 5.83. The molecular formula is C26H27F3N2O3. The van der Waals surface area contributed by atoms with Gasteiger partial charge in [-0.1, -0.05) is 60.7 Å². The first-order valence-corrected chi connectivity index (χ1v) is 11.4. The monoisotopic (exact) mass is 472 g/mol. The molecule has 0 unspecified atom stereocenters. The van der Waals surface area contributed by atoms with E-state index < -0.39 is 17.8 Å². The number of benzene rings is 2. The molecule has 2 aromatic carbocycles. The Bertz CT molecular complexity index is 1090. The van der Waals surface area contributed by atoms with Gasteiger partial charge < -0.3 is 9.84 Å². The van der Waals surface area contributed by atoms with E-state index in [1.807, 2.05) is 6.07 Å². The van der Waals surface area contributed by atoms with Crippen molar-refractivity contribution in [3.8, 4) is 22.4 Å². The van der Waals surface area contributed by atoms with Crippen molar-refractivity contribution in [1.82, 2.24) is 9.78 Å². The summed E-state index contributed by atoms with van der Waals surface area (Å²) in [4.78, 5) is 10.6. The van der Waals surface area contributed by atoms with Gasteiger partial charge in [0.25, 0.3) is 0 Å². The summed E-state index contributed by atoms with van der Waals surface area (Å²) in [6, 6.07) is 17.6. The minimum absolute atomic E-state index is 0.0592. The van der Waals surface area contributed by atoms with Crippen LogP contribution in [0, 0.1) is 11.8 Å². The van der Waals surface area contributed by atoms with Gasteiger partial charge in [-0.2, -0.15) is 18.3 Å². The van der Waals surface area contributed by atoms with Crippen LogP contribution >= 0.6 is 0 Å². The minimum atomic E-state index is -4.56. The molecule has 0 saturated heterocycles. The maximum absolute atomic E-state index is 14.4. The molecule has 34 heavy (non-hydrogen) atoms. The Kier molecular flexibility index (Phi) is 7.36. The van der Waals surface area contributed by atoms with E-state index in [1.165, 1.54) is 0 Å². The first-order chi connectivity index (χ1) is 16.3. The molecule has 1 N–H and O–H groups in total. The Morgan fingerprint density at radius 3 is 2.06 bits per heavy atom. The average Bonchev–Trinajstić information content (AvgIpc) is 3.21. The van der Waals surface area contributed by atoms with Gasteiger partial charge in [0, 0.05) is 17.7 Å². The van der Waals surface area contributed by atoms with Gasteiger partial charge in [0.15, 0.2) is 5.69 Å². The molecule has 0 bridgehead atoms. The van der Waals surface area contributed by atoms with Crippen molar-refractivity contribution in [3.63, 3.8) is 0 Å². The number of alkyl halides is 3. The lowest BCUT2D eigenvalue weighted by Crippen LogP contribution is -2.25. The minimum Gasteiger partial charge on any atom is -0.480 e. The number of rotatable bonds is 8. The first-order valence-electron chi connectivity index (χ1n) is 11.4. The summed E-state index contributed by atoms with van der Waals surface area (Å²) < 4.78 is 49.6. The molecule has 1 fully saturated rings. The van der Waals surface area contributed by atoms with Gasteiger partial charge in [0.05, 0.1) is 6.61 Å². The van der Waals surface area contributed by atoms with Gasteiger partial charge in [0.1, 0.15) is 12.3 Å². The van der Waals surface area contributed by atoms with Crippen molar-refractivity contribution >= 4 is 5.97 Å². The summed E-state index contributed by atoms with van der Waals surface area (Å²) >= 11 is 0. The summed E-state index contributed by atoms with van der Waals surface area (Å²) in [6.07, 6.45) is -1.47. The summed E-state index contributed by atoms with van der Waals surface area (Å²) in [5, 5.41) is 13.2. The SMILES string of the molecule is O=C(O)COC[C@H]1CC[C@@H](Cn2nc(-c3ccccc3)c(-c3ccccc3)c2C(F)(F)F)CC1. The fourth-order valence-electron chi connectivity index (χ4n) is 4.70. The van der Waals surface area contributed by atoms with Crippen molar-refractivity contribution in [3.05, 3.63) is 66.4 Å². The van der Waals surface area contributed by atoms with Gasteiger partial charge in [-0.25, -0.2) is 4.79 Å². The standard InChI is InChI=1S/C26H27F3N2O3/c27-26(28,29)25-23(20-7-3-1-4-8-20)24(21-9-5-2-6-10-21)30-31(25)15-18-11-13-19(14-12-18)16-34-17-22(32)33/h1-10,18-19H,11-17H2,(H,32,33)/t18-,19+. The zero-order valence-corrected chi connectivity index (χ0v) is 18.7. The van der Waals surface area contributed by atoms with Crippen LogP contribution < -0.4 is 0 Å². The van der Waals surface area contributed by atoms with E-state index in [0.717, 1.165) is 30.4 Å². The second-order valence-electron chi connectivity index (χ2n) is 8.78. The molecule has 180 valence electrons. The largest absolute Gasteiger partial charge is 0.480 e. The number of hydrogen-bond acceptors (Lipinski definition) is 3. The van der Waals surface area contributed by atoms with E-state index >= 15 is 0 Å². The van der Waals surface area contributed by atoms with Gasteiger partial charge >= 0.3 is 12.1 Å². The molecule has 1 aliphatic carbocycles. The number of ether oxygens (including phenoxy) is 1. The summed E-state index contributed by atoms with van der Waals surface area (Å²) in [6.45, 7) is 0.224. The number of carboxylic acid groups (broad SMARTS) is 1. The van der Waals surface area contributed by atoms with Crippen LogP contribution in [0.25, 0.3) is 22.4 Å². The third kappa shape index (κ3) is 5.67. The molecule has 0 amide bonds. The predicted molar refractivity (Wildman–Crippen MR) is 122 cm³/mol. The molecule has 0 aliphatic heterocycles. The maximum atomic E-state index is 14.4. The number of carbonyl (C=O) groups is 1. The lowest BCUT2D eigenvalue weighted by atomic mass is 9.82. The molecule has 5 nitrogen and oxygen atoms in total. The molecule has 0 spiro atoms. The zero-order chi connectivity index (χ0) is 24.1. The molecule has 1 heterocycles. The van der Waals surface area contributed by atoms with Crippen LogP contribution in [0.3, 0.4) is 0 Å². The highest BCUT2D eigenvalue weighted by atomic mass is 19.4. The third-order valence-corrected chi connectivity index (χ3v) is 6.31. The summed E-state index contributed by atoms with van der Waals surface area (Å²) in [5.74, 6) is -0.713. The van der Waals surface area contributed by atoms with Crippen LogP contribution in [0.5, 0.6) is 0 Å². The van der Waals surface area contributed by atoms with E-state index in [-0.39, 0.29) is 30.6 Å². The quantitative estimate of drug-likeness (QED) is 0.428. The Hall–Kier alpha value is -3.13. The molecule has 1 aromatic heterocycles. The Morgan fingerprint density at radius 2 is 1.50 bits per heavy atom. The van der Waals surface area contributed by atoms with Crippen LogP contribution in [0.2, 0.25) is 0 Å². The Labute approximate surface area is 196 Å². The van der Waals surface area contributed by atoms with Gasteiger partial charge in [-0.05, 0) is 43.1 Å². The molecule has 8 heteroatoms. The van der Waals surface area contributed by atoms with Crippen LogP contribution in [0.4, 0.5) is 13.2 Å². The first kappa shape index (κ1) is 24.0. The normalized spacial score (nSPS) is 18.7. The van der Waals surface area contributed by atoms with E-state index in [9.17, 15) is 18.0 Å².